The molecule has 140 valence electrons. The van der Waals surface area contributed by atoms with E-state index in [0.717, 1.165) is 38.0 Å². The molecule has 0 bridgehead atoms. The van der Waals surface area contributed by atoms with Crippen molar-refractivity contribution in [1.82, 2.24) is 20.2 Å². The Hall–Kier alpha value is -3.06. The van der Waals surface area contributed by atoms with E-state index in [1.807, 2.05) is 42.5 Å². The third-order valence-electron chi connectivity index (χ3n) is 5.13. The average molecular weight is 389 g/mol. The minimum absolute atomic E-state index is 0.459. The number of rotatable bonds is 4. The summed E-state index contributed by atoms with van der Waals surface area (Å²) in [6, 6.07) is 13.9. The second kappa shape index (κ2) is 7.16. The van der Waals surface area contributed by atoms with Crippen LogP contribution in [0.4, 0.5) is 17.2 Å². The van der Waals surface area contributed by atoms with Gasteiger partial charge in [-0.25, -0.2) is 4.98 Å². The number of para-hydroxylation sites is 1. The molecule has 0 aliphatic heterocycles. The highest BCUT2D eigenvalue weighted by atomic mass is 32.1. The van der Waals surface area contributed by atoms with Crippen LogP contribution in [0.5, 0.6) is 0 Å². The Morgan fingerprint density at radius 3 is 2.61 bits per heavy atom. The summed E-state index contributed by atoms with van der Waals surface area (Å²) in [6.07, 6.45) is 6.78. The average Bonchev–Trinajstić information content (AvgIpc) is 3.40. The molecular weight excluding hydrogens is 368 g/mol. The zero-order valence-corrected chi connectivity index (χ0v) is 16.1. The van der Waals surface area contributed by atoms with Gasteiger partial charge in [-0.3, -0.25) is 4.98 Å². The SMILES string of the molecule is Nc1nc2cc(Nc3ccccc3)cnc2cc1-c1nnc(C2CCCC2)s1. The summed E-state index contributed by atoms with van der Waals surface area (Å²) in [6.45, 7) is 0. The minimum atomic E-state index is 0.459. The van der Waals surface area contributed by atoms with Crippen LogP contribution >= 0.6 is 11.3 Å². The first-order valence-electron chi connectivity index (χ1n) is 9.48. The van der Waals surface area contributed by atoms with E-state index in [4.69, 9.17) is 5.73 Å². The van der Waals surface area contributed by atoms with Gasteiger partial charge in [0.05, 0.1) is 28.5 Å². The number of hydrogen-bond acceptors (Lipinski definition) is 7. The minimum Gasteiger partial charge on any atom is -0.383 e. The lowest BCUT2D eigenvalue weighted by Crippen LogP contribution is -1.97. The molecule has 1 aliphatic rings. The van der Waals surface area contributed by atoms with Gasteiger partial charge < -0.3 is 11.1 Å². The van der Waals surface area contributed by atoms with Crippen molar-refractivity contribution < 1.29 is 0 Å². The first-order valence-corrected chi connectivity index (χ1v) is 10.3. The molecule has 1 aromatic carbocycles. The summed E-state index contributed by atoms with van der Waals surface area (Å²) in [5.41, 5.74) is 10.5. The molecule has 1 saturated carbocycles. The molecule has 3 heterocycles. The Kier molecular flexibility index (Phi) is 4.37. The molecule has 0 atom stereocenters. The van der Waals surface area contributed by atoms with Crippen LogP contribution in [-0.4, -0.2) is 20.2 Å². The topological polar surface area (TPSA) is 89.6 Å². The smallest absolute Gasteiger partial charge is 0.151 e. The van der Waals surface area contributed by atoms with Gasteiger partial charge in [0.1, 0.15) is 10.8 Å². The lowest BCUT2D eigenvalue weighted by Gasteiger charge is -2.08. The Morgan fingerprint density at radius 1 is 0.964 bits per heavy atom. The molecule has 3 aromatic heterocycles. The fourth-order valence-corrected chi connectivity index (χ4v) is 4.71. The van der Waals surface area contributed by atoms with Crippen LogP contribution in [-0.2, 0) is 0 Å². The van der Waals surface area contributed by atoms with Gasteiger partial charge >= 0.3 is 0 Å². The standard InChI is InChI=1S/C21H20N6S/c22-19-16(21-27-26-20(28-21)13-6-4-5-7-13)11-17-18(25-19)10-15(12-23-17)24-14-8-2-1-3-9-14/h1-3,8-13,24H,4-7H2,(H2,22,25). The predicted molar refractivity (Wildman–Crippen MR) is 114 cm³/mol. The molecule has 28 heavy (non-hydrogen) atoms. The largest absolute Gasteiger partial charge is 0.383 e. The van der Waals surface area contributed by atoms with Crippen molar-refractivity contribution in [2.75, 3.05) is 11.1 Å². The number of nitrogens with one attached hydrogen (secondary N) is 1. The zero-order valence-electron chi connectivity index (χ0n) is 15.3. The molecule has 0 saturated heterocycles. The summed E-state index contributed by atoms with van der Waals surface area (Å²) in [7, 11) is 0. The molecule has 0 radical (unpaired) electrons. The van der Waals surface area contributed by atoms with Crippen molar-refractivity contribution in [1.29, 1.82) is 0 Å². The third kappa shape index (κ3) is 3.29. The van der Waals surface area contributed by atoms with Gasteiger partial charge in [0, 0.05) is 11.6 Å². The number of nitrogens with two attached hydrogens (primary N) is 1. The highest BCUT2D eigenvalue weighted by Gasteiger charge is 2.22. The zero-order chi connectivity index (χ0) is 18.9. The van der Waals surface area contributed by atoms with E-state index in [1.165, 1.54) is 25.7 Å². The Morgan fingerprint density at radius 2 is 1.79 bits per heavy atom. The Balaban J connectivity index is 1.46. The van der Waals surface area contributed by atoms with Crippen LogP contribution < -0.4 is 11.1 Å². The van der Waals surface area contributed by atoms with E-state index in [2.05, 4.69) is 25.5 Å². The summed E-state index contributed by atoms with van der Waals surface area (Å²) < 4.78 is 0. The number of fused-ring (bicyclic) bond motifs is 1. The monoisotopic (exact) mass is 388 g/mol. The molecule has 6 nitrogen and oxygen atoms in total. The van der Waals surface area contributed by atoms with E-state index < -0.39 is 0 Å². The lowest BCUT2D eigenvalue weighted by atomic mass is 10.1. The first kappa shape index (κ1) is 17.1. The van der Waals surface area contributed by atoms with E-state index in [0.29, 0.717) is 11.7 Å². The van der Waals surface area contributed by atoms with Crippen LogP contribution in [0.25, 0.3) is 21.6 Å². The van der Waals surface area contributed by atoms with Gasteiger partial charge in [0.25, 0.3) is 0 Å². The van der Waals surface area contributed by atoms with Crippen molar-refractivity contribution in [3.05, 3.63) is 53.7 Å². The maximum atomic E-state index is 6.26. The normalized spacial score (nSPS) is 14.6. The van der Waals surface area contributed by atoms with Crippen molar-refractivity contribution in [3.63, 3.8) is 0 Å². The van der Waals surface area contributed by atoms with Gasteiger partial charge in [-0.05, 0) is 37.1 Å². The second-order valence-electron chi connectivity index (χ2n) is 7.10. The third-order valence-corrected chi connectivity index (χ3v) is 6.25. The van der Waals surface area contributed by atoms with Gasteiger partial charge in [0.2, 0.25) is 0 Å². The molecule has 5 rings (SSSR count). The van der Waals surface area contributed by atoms with Crippen molar-refractivity contribution in [3.8, 4) is 10.6 Å². The summed E-state index contributed by atoms with van der Waals surface area (Å²) in [5.74, 6) is 1.01. The van der Waals surface area contributed by atoms with Crippen LogP contribution in [0, 0.1) is 0 Å². The molecule has 0 spiro atoms. The van der Waals surface area contributed by atoms with Gasteiger partial charge in [-0.15, -0.1) is 10.2 Å². The first-order chi connectivity index (χ1) is 13.8. The Bertz CT molecular complexity index is 1120. The Labute approximate surface area is 166 Å². The molecule has 0 amide bonds. The van der Waals surface area contributed by atoms with Crippen LogP contribution in [0.2, 0.25) is 0 Å². The van der Waals surface area contributed by atoms with Gasteiger partial charge in [-0.2, -0.15) is 0 Å². The summed E-state index contributed by atoms with van der Waals surface area (Å²) in [4.78, 5) is 9.14. The summed E-state index contributed by atoms with van der Waals surface area (Å²) in [5, 5.41) is 14.1. The highest BCUT2D eigenvalue weighted by Crippen LogP contribution is 2.38. The van der Waals surface area contributed by atoms with Crippen LogP contribution in [0.3, 0.4) is 0 Å². The van der Waals surface area contributed by atoms with E-state index in [1.54, 1.807) is 17.5 Å². The molecule has 1 aliphatic carbocycles. The predicted octanol–water partition coefficient (Wildman–Crippen LogP) is 5.13. The quantitative estimate of drug-likeness (QED) is 0.504. The number of aromatic nitrogens is 4. The number of hydrogen-bond donors (Lipinski definition) is 2. The maximum absolute atomic E-state index is 6.26. The van der Waals surface area contributed by atoms with Gasteiger partial charge in [-0.1, -0.05) is 42.4 Å². The fourth-order valence-electron chi connectivity index (χ4n) is 3.67. The van der Waals surface area contributed by atoms with Crippen molar-refractivity contribution in [2.24, 2.45) is 0 Å². The van der Waals surface area contributed by atoms with Crippen molar-refractivity contribution >= 4 is 39.6 Å². The highest BCUT2D eigenvalue weighted by molar-refractivity contribution is 7.14. The molecule has 7 heteroatoms. The number of benzene rings is 1. The van der Waals surface area contributed by atoms with Crippen molar-refractivity contribution in [2.45, 2.75) is 31.6 Å². The lowest BCUT2D eigenvalue weighted by molar-refractivity contribution is 0.705. The molecule has 1 fully saturated rings. The van der Waals surface area contributed by atoms with E-state index in [9.17, 15) is 0 Å². The second-order valence-corrected chi connectivity index (χ2v) is 8.11. The van der Waals surface area contributed by atoms with E-state index >= 15 is 0 Å². The van der Waals surface area contributed by atoms with Crippen LogP contribution in [0.1, 0.15) is 36.6 Å². The molecular formula is C21H20N6S. The molecule has 3 N–H and O–H groups in total. The molecule has 0 unspecified atom stereocenters. The summed E-state index contributed by atoms with van der Waals surface area (Å²) >= 11 is 1.63. The van der Waals surface area contributed by atoms with E-state index in [-0.39, 0.29) is 0 Å². The van der Waals surface area contributed by atoms with Gasteiger partial charge in [0.15, 0.2) is 5.01 Å². The number of pyridine rings is 2. The number of anilines is 3. The fraction of sp³-hybridized carbons (Fsp3) is 0.238. The number of nitrogens with zero attached hydrogens (tertiary/aromatic N) is 4. The maximum Gasteiger partial charge on any atom is 0.151 e. The molecule has 4 aromatic rings. The number of nitrogen functional groups attached to an aromatic ring is 1. The van der Waals surface area contributed by atoms with Crippen LogP contribution in [0.15, 0.2) is 48.7 Å².